The summed E-state index contributed by atoms with van der Waals surface area (Å²) in [6, 6.07) is 41.6. The lowest BCUT2D eigenvalue weighted by molar-refractivity contribution is 0.234. The molecule has 6 rings (SSSR count). The molecule has 7 nitrogen and oxygen atoms in total. The highest BCUT2D eigenvalue weighted by molar-refractivity contribution is 5.80. The molecule has 0 spiro atoms. The minimum absolute atomic E-state index is 0.665. The smallest absolute Gasteiger partial charge is 0.203 e. The fraction of sp³-hybridized carbons (Fsp3) is 0.613. The lowest BCUT2D eigenvalue weighted by Crippen LogP contribution is -2.07. The summed E-state index contributed by atoms with van der Waals surface area (Å²) in [6.07, 6.45) is 99.7. The third-order valence-corrected chi connectivity index (χ3v) is 24.9. The van der Waals surface area contributed by atoms with Crippen LogP contribution < -0.4 is 33.2 Å². The molecule has 0 radical (unpaired) electrons. The molecule has 0 aliphatic heterocycles. The highest BCUT2D eigenvalue weighted by atomic mass is 16.5. The maximum atomic E-state index is 6.80. The van der Waals surface area contributed by atoms with E-state index in [4.69, 9.17) is 33.2 Å². The van der Waals surface area contributed by atoms with Crippen molar-refractivity contribution in [1.29, 1.82) is 0 Å². The zero-order chi connectivity index (χ0) is 88.9. The molecule has 0 atom stereocenters. The molecule has 0 aliphatic carbocycles. The Bertz CT molecular complexity index is 3420. The zero-order valence-corrected chi connectivity index (χ0v) is 81.8. The SMILES string of the molecule is CCCCCCCCCCCCOc1cc(/C=C/c2ccc(/C=C/c3cc(/C=C/c4ccc(/C=C/c5cc(OCCCCCCCCCCCC)c(OCCCCCCCCCCCC)c(OCCCCCCCCCCCC)c5)cc4)cc(/C=C/c4ccc(OC)cc4)c3)cc2)cc(OCCCCCCCCCCCC)c1OCCCCCCCCCCCC. The van der Waals surface area contributed by atoms with Crippen molar-refractivity contribution in [2.24, 2.45) is 0 Å². The first-order valence-electron chi connectivity index (χ1n) is 52.9. The summed E-state index contributed by atoms with van der Waals surface area (Å²) in [5.74, 6) is 5.61. The number of methoxy groups -OCH3 is 1. The summed E-state index contributed by atoms with van der Waals surface area (Å²) < 4.78 is 46.3. The summed E-state index contributed by atoms with van der Waals surface area (Å²) in [4.78, 5) is 0. The molecule has 6 aromatic rings. The van der Waals surface area contributed by atoms with Crippen molar-refractivity contribution in [2.45, 2.75) is 427 Å². The highest BCUT2D eigenvalue weighted by Crippen LogP contribution is 2.42. The fourth-order valence-electron chi connectivity index (χ4n) is 16.8. The number of hydrogen-bond acceptors (Lipinski definition) is 7. The molecule has 700 valence electrons. The third-order valence-electron chi connectivity index (χ3n) is 24.9. The van der Waals surface area contributed by atoms with Crippen molar-refractivity contribution in [2.75, 3.05) is 46.8 Å². The van der Waals surface area contributed by atoms with E-state index < -0.39 is 0 Å². The normalized spacial score (nSPS) is 11.8. The first-order chi connectivity index (χ1) is 62.3. The van der Waals surface area contributed by atoms with Gasteiger partial charge in [0.05, 0.1) is 46.8 Å². The maximum absolute atomic E-state index is 6.80. The summed E-state index contributed by atoms with van der Waals surface area (Å²) >= 11 is 0. The molecular weight excluding hydrogens is 1540 g/mol. The maximum Gasteiger partial charge on any atom is 0.203 e. The number of benzene rings is 6. The summed E-state index contributed by atoms with van der Waals surface area (Å²) in [6.45, 7) is 17.8. The second-order valence-electron chi connectivity index (χ2n) is 36.6. The fourth-order valence-corrected chi connectivity index (χ4v) is 16.8. The monoisotopic (exact) mass is 1720 g/mol. The molecule has 0 fully saturated rings. The van der Waals surface area contributed by atoms with E-state index in [2.05, 4.69) is 205 Å². The van der Waals surface area contributed by atoms with Gasteiger partial charge in [-0.3, -0.25) is 0 Å². The van der Waals surface area contributed by atoms with Gasteiger partial charge in [0.25, 0.3) is 0 Å². The molecule has 0 N–H and O–H groups in total. The summed E-state index contributed by atoms with van der Waals surface area (Å²) in [7, 11) is 1.72. The molecule has 0 bridgehead atoms. The van der Waals surface area contributed by atoms with Crippen LogP contribution in [0.25, 0.3) is 60.8 Å². The van der Waals surface area contributed by atoms with E-state index in [-0.39, 0.29) is 0 Å². The molecule has 0 aliphatic rings. The molecule has 126 heavy (non-hydrogen) atoms. The van der Waals surface area contributed by atoms with Gasteiger partial charge in [-0.25, -0.2) is 0 Å². The molecule has 0 saturated heterocycles. The first-order valence-corrected chi connectivity index (χ1v) is 52.9. The highest BCUT2D eigenvalue weighted by Gasteiger charge is 2.19. The standard InChI is InChI=1S/C119H182O7/c1-8-14-20-26-32-38-44-50-56-62-90-121-114-99-111(100-115(122-91-63-57-51-45-39-33-27-21-15-9-2)118(114)125-94-66-60-54-48-42-36-30-24-18-12-5)84-79-105-72-68-103(69-73-105)76-81-108-96-109(98-110(97-108)83-78-107-86-88-113(120-7)89-87-107)82-77-104-70-74-106(75-71-104)80-85-112-101-116(123-92-64-58-52-46-40-34-28-22-16-10-3)119(126-95-67-61-55-49-43-37-31-25-19-13-6)117(102-112)124-93-65-59-53-47-41-35-29-23-17-11-4/h68-89,96-102H,8-67,90-95H2,1-7H3/b81-76+,82-77+,83-78+,84-79+,85-80+. The zero-order valence-electron chi connectivity index (χ0n) is 81.8. The lowest BCUT2D eigenvalue weighted by Gasteiger charge is -2.18. The van der Waals surface area contributed by atoms with Gasteiger partial charge in [-0.2, -0.15) is 0 Å². The Hall–Kier alpha value is -7.38. The third kappa shape index (κ3) is 52.9. The quantitative estimate of drug-likeness (QED) is 0.0278. The van der Waals surface area contributed by atoms with Gasteiger partial charge in [0.15, 0.2) is 23.0 Å². The van der Waals surface area contributed by atoms with Crippen LogP contribution in [0, 0.1) is 0 Å². The number of ether oxygens (including phenoxy) is 7. The summed E-state index contributed by atoms with van der Waals surface area (Å²) in [5, 5.41) is 0. The molecule has 0 amide bonds. The molecule has 0 heterocycles. The minimum Gasteiger partial charge on any atom is -0.497 e. The van der Waals surface area contributed by atoms with Crippen LogP contribution in [-0.4, -0.2) is 46.8 Å². The molecular formula is C119H182O7. The number of unbranched alkanes of at least 4 members (excludes halogenated alkanes) is 54. The van der Waals surface area contributed by atoms with E-state index in [1.165, 1.54) is 347 Å². The van der Waals surface area contributed by atoms with Crippen LogP contribution in [0.15, 0.2) is 115 Å². The van der Waals surface area contributed by atoms with Crippen molar-refractivity contribution >= 4 is 60.8 Å². The van der Waals surface area contributed by atoms with Crippen LogP contribution in [0.1, 0.15) is 482 Å². The van der Waals surface area contributed by atoms with E-state index >= 15 is 0 Å². The van der Waals surface area contributed by atoms with Crippen LogP contribution in [0.3, 0.4) is 0 Å². The molecule has 6 aromatic carbocycles. The van der Waals surface area contributed by atoms with E-state index in [0.29, 0.717) is 39.6 Å². The van der Waals surface area contributed by atoms with Crippen molar-refractivity contribution in [3.05, 3.63) is 171 Å². The second-order valence-corrected chi connectivity index (χ2v) is 36.6. The van der Waals surface area contributed by atoms with Gasteiger partial charge in [-0.1, -0.05) is 510 Å². The van der Waals surface area contributed by atoms with Gasteiger partial charge >= 0.3 is 0 Å². The van der Waals surface area contributed by atoms with Gasteiger partial charge in [0, 0.05) is 0 Å². The Kier molecular flexibility index (Phi) is 64.3. The lowest BCUT2D eigenvalue weighted by atomic mass is 10.0. The Balaban J connectivity index is 1.20. The molecule has 0 saturated carbocycles. The van der Waals surface area contributed by atoms with E-state index in [1.54, 1.807) is 7.11 Å². The Morgan fingerprint density at radius 1 is 0.159 bits per heavy atom. The topological polar surface area (TPSA) is 64.6 Å². The predicted molar refractivity (Wildman–Crippen MR) is 554 cm³/mol. The van der Waals surface area contributed by atoms with Crippen LogP contribution in [-0.2, 0) is 0 Å². The second kappa shape index (κ2) is 75.4. The number of rotatable bonds is 83. The average molecular weight is 1720 g/mol. The predicted octanol–water partition coefficient (Wildman–Crippen LogP) is 38.3. The average Bonchev–Trinajstić information content (AvgIpc) is 0.824. The van der Waals surface area contributed by atoms with Crippen molar-refractivity contribution in [1.82, 2.24) is 0 Å². The van der Waals surface area contributed by atoms with Gasteiger partial charge < -0.3 is 33.2 Å². The van der Waals surface area contributed by atoms with Crippen LogP contribution >= 0.6 is 0 Å². The van der Waals surface area contributed by atoms with Gasteiger partial charge in [0.1, 0.15) is 5.75 Å². The molecule has 7 heteroatoms. The van der Waals surface area contributed by atoms with E-state index in [1.807, 2.05) is 12.1 Å². The molecule has 0 unspecified atom stereocenters. The van der Waals surface area contributed by atoms with Crippen LogP contribution in [0.2, 0.25) is 0 Å². The van der Waals surface area contributed by atoms with E-state index in [0.717, 1.165) is 134 Å². The molecule has 0 aromatic heterocycles. The number of hydrogen-bond donors (Lipinski definition) is 0. The van der Waals surface area contributed by atoms with E-state index in [9.17, 15) is 0 Å². The van der Waals surface area contributed by atoms with Crippen molar-refractivity contribution in [3.63, 3.8) is 0 Å². The van der Waals surface area contributed by atoms with Gasteiger partial charge in [0.2, 0.25) is 11.5 Å². The van der Waals surface area contributed by atoms with Gasteiger partial charge in [-0.15, -0.1) is 0 Å². The van der Waals surface area contributed by atoms with Gasteiger partial charge in [-0.05, 0) is 149 Å². The van der Waals surface area contributed by atoms with Crippen LogP contribution in [0.5, 0.6) is 40.2 Å². The summed E-state index contributed by atoms with van der Waals surface area (Å²) in [5.41, 5.74) is 11.1. The Morgan fingerprint density at radius 3 is 0.476 bits per heavy atom. The minimum atomic E-state index is 0.665. The largest absolute Gasteiger partial charge is 0.497 e. The van der Waals surface area contributed by atoms with Crippen molar-refractivity contribution < 1.29 is 33.2 Å². The Labute approximate surface area is 773 Å². The van der Waals surface area contributed by atoms with Crippen molar-refractivity contribution in [3.8, 4) is 40.2 Å². The Morgan fingerprint density at radius 2 is 0.302 bits per heavy atom. The first kappa shape index (κ1) is 107. The van der Waals surface area contributed by atoms with Crippen LogP contribution in [0.4, 0.5) is 0 Å².